The lowest BCUT2D eigenvalue weighted by Gasteiger charge is -2.28. The maximum atomic E-state index is 13.4. The second-order valence-corrected chi connectivity index (χ2v) is 9.77. The van der Waals surface area contributed by atoms with Crippen molar-refractivity contribution in [3.8, 4) is 0 Å². The first-order valence-corrected chi connectivity index (χ1v) is 11.3. The summed E-state index contributed by atoms with van der Waals surface area (Å²) < 4.78 is 28.3. The number of anilines is 1. The largest absolute Gasteiger partial charge is 0.285 e. The molecule has 0 radical (unpaired) electrons. The van der Waals surface area contributed by atoms with Gasteiger partial charge in [-0.15, -0.1) is 0 Å². The average Bonchev–Trinajstić information content (AvgIpc) is 2.99. The summed E-state index contributed by atoms with van der Waals surface area (Å²) in [4.78, 5) is 12.1. The molecule has 152 valence electrons. The molecule has 0 aromatic heterocycles. The van der Waals surface area contributed by atoms with Gasteiger partial charge in [0, 0.05) is 13.1 Å². The van der Waals surface area contributed by atoms with Crippen LogP contribution in [0.5, 0.6) is 0 Å². The van der Waals surface area contributed by atoms with Crippen LogP contribution in [0.3, 0.4) is 0 Å². The zero-order valence-corrected chi connectivity index (χ0v) is 17.9. The molecular weight excluding hydrogens is 362 g/mol. The van der Waals surface area contributed by atoms with E-state index in [1.807, 2.05) is 13.0 Å². The highest BCUT2D eigenvalue weighted by Crippen LogP contribution is 2.25. The van der Waals surface area contributed by atoms with Gasteiger partial charge in [-0.3, -0.25) is 15.2 Å². The lowest BCUT2D eigenvalue weighted by atomic mass is 10.1. The highest BCUT2D eigenvalue weighted by molar-refractivity contribution is 7.89. The van der Waals surface area contributed by atoms with E-state index in [4.69, 9.17) is 0 Å². The van der Waals surface area contributed by atoms with Gasteiger partial charge in [0.25, 0.3) is 0 Å². The van der Waals surface area contributed by atoms with Crippen molar-refractivity contribution in [1.82, 2.24) is 9.73 Å². The molecule has 1 fully saturated rings. The van der Waals surface area contributed by atoms with Crippen molar-refractivity contribution in [1.29, 1.82) is 0 Å². The van der Waals surface area contributed by atoms with Crippen molar-refractivity contribution < 1.29 is 13.2 Å². The Morgan fingerprint density at radius 1 is 1.19 bits per heavy atom. The molecule has 1 saturated heterocycles. The van der Waals surface area contributed by atoms with Crippen molar-refractivity contribution in [2.24, 2.45) is 17.8 Å². The fourth-order valence-electron chi connectivity index (χ4n) is 3.00. The third-order valence-electron chi connectivity index (χ3n) is 5.34. The Kier molecular flexibility index (Phi) is 7.28. The van der Waals surface area contributed by atoms with Gasteiger partial charge in [0.05, 0.1) is 23.0 Å². The van der Waals surface area contributed by atoms with Crippen LogP contribution in [0.4, 0.5) is 5.69 Å². The number of carbonyl (C=O) groups is 1. The average molecular weight is 396 g/mol. The van der Waals surface area contributed by atoms with Crippen molar-refractivity contribution in [3.63, 3.8) is 0 Å². The Labute approximate surface area is 163 Å². The summed E-state index contributed by atoms with van der Waals surface area (Å²) in [6, 6.07) is 6.86. The van der Waals surface area contributed by atoms with Gasteiger partial charge in [0.2, 0.25) is 15.9 Å². The minimum atomic E-state index is -3.60. The summed E-state index contributed by atoms with van der Waals surface area (Å²) in [7, 11) is -3.60. The first-order valence-electron chi connectivity index (χ1n) is 9.87. The van der Waals surface area contributed by atoms with E-state index < -0.39 is 10.0 Å². The number of sulfonamides is 1. The van der Waals surface area contributed by atoms with E-state index in [2.05, 4.69) is 33.1 Å². The number of rotatable bonds is 9. The summed E-state index contributed by atoms with van der Waals surface area (Å²) >= 11 is 0. The van der Waals surface area contributed by atoms with Crippen molar-refractivity contribution in [2.75, 3.05) is 24.6 Å². The van der Waals surface area contributed by atoms with Crippen LogP contribution in [0, 0.1) is 17.8 Å². The van der Waals surface area contributed by atoms with Gasteiger partial charge in [-0.25, -0.2) is 8.42 Å². The molecule has 1 amide bonds. The van der Waals surface area contributed by atoms with Crippen LogP contribution >= 0.6 is 0 Å². The van der Waals surface area contributed by atoms with Crippen LogP contribution in [-0.2, 0) is 14.8 Å². The molecule has 27 heavy (non-hydrogen) atoms. The molecule has 1 aromatic carbocycles. The summed E-state index contributed by atoms with van der Waals surface area (Å²) in [5, 5.41) is 1.72. The maximum absolute atomic E-state index is 13.4. The van der Waals surface area contributed by atoms with Gasteiger partial charge in [0.15, 0.2) is 0 Å². The van der Waals surface area contributed by atoms with E-state index in [1.54, 1.807) is 27.5 Å². The molecule has 1 heterocycles. The van der Waals surface area contributed by atoms with Gasteiger partial charge < -0.3 is 0 Å². The van der Waals surface area contributed by atoms with Crippen LogP contribution in [-0.4, -0.2) is 38.3 Å². The number of hydrogen-bond donors (Lipinski definition) is 1. The van der Waals surface area contributed by atoms with Crippen molar-refractivity contribution in [3.05, 3.63) is 24.3 Å². The lowest BCUT2D eigenvalue weighted by molar-refractivity contribution is -0.121. The molecule has 1 aliphatic heterocycles. The van der Waals surface area contributed by atoms with Crippen LogP contribution in [0.2, 0.25) is 0 Å². The Morgan fingerprint density at radius 2 is 1.78 bits per heavy atom. The third kappa shape index (κ3) is 5.23. The van der Waals surface area contributed by atoms with Gasteiger partial charge in [0.1, 0.15) is 0 Å². The molecule has 3 atom stereocenters. The number of hydrogen-bond acceptors (Lipinski definition) is 4. The molecular formula is C20H33N3O3S. The summed E-state index contributed by atoms with van der Waals surface area (Å²) in [6.07, 6.45) is 1.87. The summed E-state index contributed by atoms with van der Waals surface area (Å²) in [6.45, 7) is 11.7. The van der Waals surface area contributed by atoms with E-state index in [0.717, 1.165) is 12.8 Å². The molecule has 1 aliphatic rings. The number of nitrogens with one attached hydrogen (secondary N) is 1. The third-order valence-corrected chi connectivity index (χ3v) is 7.17. The highest BCUT2D eigenvalue weighted by atomic mass is 32.2. The summed E-state index contributed by atoms with van der Waals surface area (Å²) in [5.74, 6) is 0.437. The van der Waals surface area contributed by atoms with E-state index in [9.17, 15) is 13.2 Å². The van der Waals surface area contributed by atoms with Crippen LogP contribution in [0.25, 0.3) is 0 Å². The molecule has 1 N–H and O–H groups in total. The molecule has 7 heteroatoms. The van der Waals surface area contributed by atoms with E-state index in [-0.39, 0.29) is 16.7 Å². The predicted molar refractivity (Wildman–Crippen MR) is 109 cm³/mol. The van der Waals surface area contributed by atoms with Crippen LogP contribution < -0.4 is 10.4 Å². The van der Waals surface area contributed by atoms with Gasteiger partial charge >= 0.3 is 0 Å². The number of carbonyl (C=O) groups excluding carboxylic acids is 1. The van der Waals surface area contributed by atoms with E-state index in [1.165, 1.54) is 0 Å². The molecule has 0 aliphatic carbocycles. The van der Waals surface area contributed by atoms with Crippen LogP contribution in [0.1, 0.15) is 47.5 Å². The number of nitrogens with zero attached hydrogens (tertiary/aromatic N) is 2. The molecule has 0 spiro atoms. The Hall–Kier alpha value is -1.60. The van der Waals surface area contributed by atoms with Crippen molar-refractivity contribution in [2.45, 2.75) is 52.4 Å². The number of hydrazine groups is 1. The minimum Gasteiger partial charge on any atom is -0.285 e. The standard InChI is InChI=1S/C20H33N3O3S/c1-6-15(3)12-22(13-16(4)7-2)27(25,26)19-10-8-9-18(11-19)23-14-17(5)20(24)21-23/h8-11,15-17H,6-7,12-14H2,1-5H3,(H,21,24). The maximum Gasteiger partial charge on any atom is 0.243 e. The van der Waals surface area contributed by atoms with Gasteiger partial charge in [-0.2, -0.15) is 4.31 Å². The normalized spacial score (nSPS) is 20.0. The van der Waals surface area contributed by atoms with Crippen molar-refractivity contribution >= 4 is 21.6 Å². The van der Waals surface area contributed by atoms with E-state index >= 15 is 0 Å². The van der Waals surface area contributed by atoms with Gasteiger partial charge in [-0.1, -0.05) is 53.5 Å². The predicted octanol–water partition coefficient (Wildman–Crippen LogP) is 3.26. The summed E-state index contributed by atoms with van der Waals surface area (Å²) in [5.41, 5.74) is 3.49. The molecule has 0 saturated carbocycles. The monoisotopic (exact) mass is 395 g/mol. The Morgan fingerprint density at radius 3 is 2.26 bits per heavy atom. The quantitative estimate of drug-likeness (QED) is 0.697. The van der Waals surface area contributed by atoms with Crippen LogP contribution in [0.15, 0.2) is 29.2 Å². The Bertz CT molecular complexity index is 739. The lowest BCUT2D eigenvalue weighted by Crippen LogP contribution is -2.38. The molecule has 0 bridgehead atoms. The second-order valence-electron chi connectivity index (χ2n) is 7.83. The highest BCUT2D eigenvalue weighted by Gasteiger charge is 2.30. The molecule has 3 unspecified atom stereocenters. The number of benzene rings is 1. The number of amides is 1. The second kappa shape index (κ2) is 9.06. The Balaban J connectivity index is 2.31. The topological polar surface area (TPSA) is 69.7 Å². The zero-order valence-electron chi connectivity index (χ0n) is 17.1. The SMILES string of the molecule is CCC(C)CN(CC(C)CC)S(=O)(=O)c1cccc(N2CC(C)C(=O)N2)c1. The molecule has 1 aromatic rings. The van der Waals surface area contributed by atoms with Gasteiger partial charge in [-0.05, 0) is 30.0 Å². The molecule has 2 rings (SSSR count). The first kappa shape index (κ1) is 21.7. The fourth-order valence-corrected chi connectivity index (χ4v) is 4.72. The zero-order chi connectivity index (χ0) is 20.2. The fraction of sp³-hybridized carbons (Fsp3) is 0.650. The minimum absolute atomic E-state index is 0.0431. The van der Waals surface area contributed by atoms with E-state index in [0.29, 0.717) is 37.2 Å². The first-order chi connectivity index (χ1) is 12.7. The smallest absolute Gasteiger partial charge is 0.243 e. The molecule has 6 nitrogen and oxygen atoms in total.